The van der Waals surface area contributed by atoms with E-state index in [1.807, 2.05) is 0 Å². The summed E-state index contributed by atoms with van der Waals surface area (Å²) in [7, 11) is 0.884. The molecule has 11 heavy (non-hydrogen) atoms. The molecule has 4 nitrogen and oxygen atoms in total. The van der Waals surface area contributed by atoms with E-state index in [0.29, 0.717) is 0 Å². The molecule has 0 radical (unpaired) electrons. The first kappa shape index (κ1) is 9.73. The smallest absolute Gasteiger partial charge is 0.398 e. The molecule has 0 atom stereocenters. The van der Waals surface area contributed by atoms with Gasteiger partial charge in [0, 0.05) is 0 Å². The Balaban J connectivity index is 4.63. The lowest BCUT2D eigenvalue weighted by atomic mass is 10.3. The molecule has 0 aliphatic heterocycles. The van der Waals surface area contributed by atoms with Gasteiger partial charge in [-0.15, -0.1) is 0 Å². The number of carbonyl (C=O) groups is 1. The summed E-state index contributed by atoms with van der Waals surface area (Å²) in [5.74, 6) is -1.67. The largest absolute Gasteiger partial charge is 0.442 e. The van der Waals surface area contributed by atoms with Crippen LogP contribution in [0.4, 0.5) is 13.2 Å². The highest BCUT2D eigenvalue weighted by molar-refractivity contribution is 6.40. The van der Waals surface area contributed by atoms with Crippen LogP contribution in [0.2, 0.25) is 0 Å². The van der Waals surface area contributed by atoms with Crippen molar-refractivity contribution < 1.29 is 22.8 Å². The van der Waals surface area contributed by atoms with Crippen LogP contribution in [0.1, 0.15) is 0 Å². The molecule has 0 aliphatic rings. The predicted molar refractivity (Wildman–Crippen MR) is 29.7 cm³/mol. The van der Waals surface area contributed by atoms with Gasteiger partial charge in [0.2, 0.25) is 5.71 Å². The number of nitrogens with zero attached hydrogens (tertiary/aromatic N) is 1. The molecule has 0 bridgehead atoms. The molecule has 0 aromatic heterocycles. The summed E-state index contributed by atoms with van der Waals surface area (Å²) in [6.07, 6.45) is -4.86. The van der Waals surface area contributed by atoms with Crippen molar-refractivity contribution >= 4 is 11.6 Å². The minimum absolute atomic E-state index is 0.884. The van der Waals surface area contributed by atoms with Gasteiger partial charge in [-0.05, 0) is 0 Å². The average Bonchev–Trinajstić information content (AvgIpc) is 1.79. The molecule has 64 valence electrons. The third-order valence-electron chi connectivity index (χ3n) is 0.684. The Kier molecular flexibility index (Phi) is 2.85. The molecular formula is C4H5F3N2O2. The number of halogens is 3. The highest BCUT2D eigenvalue weighted by Crippen LogP contribution is 2.16. The fourth-order valence-corrected chi connectivity index (χ4v) is 0.328. The number of nitrogens with two attached hydrogens (primary N) is 1. The lowest BCUT2D eigenvalue weighted by Gasteiger charge is -2.04. The molecule has 0 aromatic rings. The van der Waals surface area contributed by atoms with E-state index in [0.717, 1.165) is 7.11 Å². The van der Waals surface area contributed by atoms with E-state index in [1.54, 1.807) is 0 Å². The van der Waals surface area contributed by atoms with Crippen molar-refractivity contribution in [1.82, 2.24) is 0 Å². The van der Waals surface area contributed by atoms with Crippen LogP contribution in [0.25, 0.3) is 0 Å². The van der Waals surface area contributed by atoms with Gasteiger partial charge in [-0.2, -0.15) is 13.2 Å². The fourth-order valence-electron chi connectivity index (χ4n) is 0.328. The second kappa shape index (κ2) is 3.22. The predicted octanol–water partition coefficient (Wildman–Crippen LogP) is 0.0364. The summed E-state index contributed by atoms with van der Waals surface area (Å²) in [5.41, 5.74) is 2.59. The van der Waals surface area contributed by atoms with E-state index < -0.39 is 17.8 Å². The summed E-state index contributed by atoms with van der Waals surface area (Å²) in [6, 6.07) is 0. The minimum atomic E-state index is -4.86. The number of alkyl halides is 3. The van der Waals surface area contributed by atoms with Gasteiger partial charge in [-0.1, -0.05) is 5.16 Å². The molecule has 0 rings (SSSR count). The van der Waals surface area contributed by atoms with Crippen molar-refractivity contribution in [1.29, 1.82) is 0 Å². The summed E-state index contributed by atoms with van der Waals surface area (Å²) in [6.45, 7) is 0. The molecule has 1 amide bonds. The Morgan fingerprint density at radius 3 is 2.09 bits per heavy atom. The Morgan fingerprint density at radius 2 is 2.00 bits per heavy atom. The van der Waals surface area contributed by atoms with Gasteiger partial charge in [0.15, 0.2) is 0 Å². The summed E-state index contributed by atoms with van der Waals surface area (Å²) < 4.78 is 34.9. The number of primary amides is 1. The second-order valence-corrected chi connectivity index (χ2v) is 1.48. The normalized spacial score (nSPS) is 12.9. The first-order chi connectivity index (χ1) is 4.89. The lowest BCUT2D eigenvalue weighted by Crippen LogP contribution is -2.36. The maximum absolute atomic E-state index is 11.6. The first-order valence-corrected chi connectivity index (χ1v) is 2.37. The molecule has 0 unspecified atom stereocenters. The highest BCUT2D eigenvalue weighted by Gasteiger charge is 2.40. The van der Waals surface area contributed by atoms with Gasteiger partial charge in [0.05, 0.1) is 0 Å². The molecule has 0 fully saturated rings. The van der Waals surface area contributed by atoms with Crippen molar-refractivity contribution in [2.24, 2.45) is 10.9 Å². The molecule has 7 heteroatoms. The standard InChI is InChI=1S/C4H5F3N2O2/c1-11-9-2(3(8)10)4(5,6)7/h1H3,(H2,8,10)/b9-2-. The van der Waals surface area contributed by atoms with Crippen LogP contribution in [0, 0.1) is 0 Å². The van der Waals surface area contributed by atoms with E-state index in [-0.39, 0.29) is 0 Å². The number of carbonyl (C=O) groups excluding carboxylic acids is 1. The number of hydrogen-bond acceptors (Lipinski definition) is 3. The molecule has 0 aromatic carbocycles. The lowest BCUT2D eigenvalue weighted by molar-refractivity contribution is -0.117. The van der Waals surface area contributed by atoms with Crippen LogP contribution in [0.15, 0.2) is 5.16 Å². The van der Waals surface area contributed by atoms with E-state index in [9.17, 15) is 18.0 Å². The van der Waals surface area contributed by atoms with Crippen LogP contribution in [0.5, 0.6) is 0 Å². The SMILES string of the molecule is CO/N=C(/C(N)=O)C(F)(F)F. The van der Waals surface area contributed by atoms with Crippen molar-refractivity contribution in [3.05, 3.63) is 0 Å². The van der Waals surface area contributed by atoms with Crippen LogP contribution in [0.3, 0.4) is 0 Å². The van der Waals surface area contributed by atoms with Crippen LogP contribution in [-0.4, -0.2) is 24.9 Å². The van der Waals surface area contributed by atoms with Crippen LogP contribution < -0.4 is 5.73 Å². The molecule has 0 heterocycles. The van der Waals surface area contributed by atoms with Crippen molar-refractivity contribution in [2.75, 3.05) is 7.11 Å². The van der Waals surface area contributed by atoms with Gasteiger partial charge in [-0.3, -0.25) is 4.79 Å². The average molecular weight is 170 g/mol. The minimum Gasteiger partial charge on any atom is -0.398 e. The maximum Gasteiger partial charge on any atom is 0.442 e. The third-order valence-corrected chi connectivity index (χ3v) is 0.684. The monoisotopic (exact) mass is 170 g/mol. The number of hydrogen-bond donors (Lipinski definition) is 1. The van der Waals surface area contributed by atoms with Crippen molar-refractivity contribution in [3.63, 3.8) is 0 Å². The zero-order valence-corrected chi connectivity index (χ0v) is 5.47. The Hall–Kier alpha value is -1.27. The summed E-state index contributed by atoms with van der Waals surface area (Å²) in [4.78, 5) is 13.8. The van der Waals surface area contributed by atoms with E-state index in [1.165, 1.54) is 0 Å². The quantitative estimate of drug-likeness (QED) is 0.469. The van der Waals surface area contributed by atoms with E-state index in [4.69, 9.17) is 0 Å². The number of oxime groups is 1. The zero-order valence-electron chi connectivity index (χ0n) is 5.47. The van der Waals surface area contributed by atoms with Gasteiger partial charge < -0.3 is 10.6 Å². The first-order valence-electron chi connectivity index (χ1n) is 2.37. The zero-order chi connectivity index (χ0) is 9.07. The summed E-state index contributed by atoms with van der Waals surface area (Å²) in [5, 5.41) is 2.41. The van der Waals surface area contributed by atoms with E-state index in [2.05, 4.69) is 15.7 Å². The van der Waals surface area contributed by atoms with Crippen molar-refractivity contribution in [3.8, 4) is 0 Å². The van der Waals surface area contributed by atoms with Crippen LogP contribution >= 0.6 is 0 Å². The summed E-state index contributed by atoms with van der Waals surface area (Å²) >= 11 is 0. The molecule has 0 saturated heterocycles. The second-order valence-electron chi connectivity index (χ2n) is 1.48. The number of rotatable bonds is 2. The van der Waals surface area contributed by atoms with Gasteiger partial charge in [0.1, 0.15) is 7.11 Å². The molecule has 0 saturated carbocycles. The maximum atomic E-state index is 11.6. The Morgan fingerprint density at radius 1 is 1.55 bits per heavy atom. The molecule has 2 N–H and O–H groups in total. The Bertz CT molecular complexity index is 186. The fraction of sp³-hybridized carbons (Fsp3) is 0.500. The highest BCUT2D eigenvalue weighted by atomic mass is 19.4. The molecular weight excluding hydrogens is 165 g/mol. The van der Waals surface area contributed by atoms with Gasteiger partial charge in [0.25, 0.3) is 5.91 Å². The third kappa shape index (κ3) is 2.87. The van der Waals surface area contributed by atoms with Crippen molar-refractivity contribution in [2.45, 2.75) is 6.18 Å². The van der Waals surface area contributed by atoms with Crippen LogP contribution in [-0.2, 0) is 9.63 Å². The molecule has 0 aliphatic carbocycles. The number of amides is 1. The Labute approximate surface area is 59.8 Å². The van der Waals surface area contributed by atoms with E-state index >= 15 is 0 Å². The molecule has 0 spiro atoms. The van der Waals surface area contributed by atoms with Gasteiger partial charge >= 0.3 is 6.18 Å². The van der Waals surface area contributed by atoms with Gasteiger partial charge in [-0.25, -0.2) is 0 Å². The topological polar surface area (TPSA) is 64.7 Å².